The summed E-state index contributed by atoms with van der Waals surface area (Å²) in [5.41, 5.74) is 3.18. The van der Waals surface area contributed by atoms with Crippen LogP contribution in [0.3, 0.4) is 0 Å². The zero-order chi connectivity index (χ0) is 26.6. The molecule has 3 rings (SSSR count). The minimum atomic E-state index is -1.07. The summed E-state index contributed by atoms with van der Waals surface area (Å²) in [6.07, 6.45) is 3.60. The number of pyridine rings is 1. The highest BCUT2D eigenvalue weighted by Gasteiger charge is 2.20. The molecular formula is C28H38FN3O3. The molecule has 3 aromatic rings. The Bertz CT molecular complexity index is 980. The van der Waals surface area contributed by atoms with Crippen LogP contribution in [0.2, 0.25) is 0 Å². The van der Waals surface area contributed by atoms with E-state index in [1.165, 1.54) is 12.1 Å². The molecule has 6 nitrogen and oxygen atoms in total. The summed E-state index contributed by atoms with van der Waals surface area (Å²) in [6, 6.07) is 16.0. The van der Waals surface area contributed by atoms with E-state index in [0.717, 1.165) is 16.7 Å². The maximum absolute atomic E-state index is 13.1. The Labute approximate surface area is 208 Å². The van der Waals surface area contributed by atoms with Crippen molar-refractivity contribution >= 4 is 17.6 Å². The number of carbonyl (C=O) groups is 2. The number of anilines is 1. The van der Waals surface area contributed by atoms with Crippen LogP contribution in [0.5, 0.6) is 0 Å². The Kier molecular flexibility index (Phi) is 16.9. The molecule has 1 heterocycles. The van der Waals surface area contributed by atoms with Crippen LogP contribution >= 0.6 is 0 Å². The fourth-order valence-corrected chi connectivity index (χ4v) is 2.87. The number of carboxylic acid groups (broad SMARTS) is 1. The summed E-state index contributed by atoms with van der Waals surface area (Å²) < 4.78 is 13.1. The van der Waals surface area contributed by atoms with Gasteiger partial charge in [-0.1, -0.05) is 65.8 Å². The van der Waals surface area contributed by atoms with Gasteiger partial charge >= 0.3 is 5.97 Å². The van der Waals surface area contributed by atoms with Crippen LogP contribution in [0.25, 0.3) is 11.1 Å². The van der Waals surface area contributed by atoms with Crippen molar-refractivity contribution in [3.05, 3.63) is 84.4 Å². The van der Waals surface area contributed by atoms with E-state index in [0.29, 0.717) is 5.69 Å². The Morgan fingerprint density at radius 3 is 2.06 bits per heavy atom. The zero-order valence-electron chi connectivity index (χ0n) is 21.5. The van der Waals surface area contributed by atoms with E-state index in [9.17, 15) is 14.0 Å². The van der Waals surface area contributed by atoms with Gasteiger partial charge in [0.15, 0.2) is 0 Å². The molecule has 0 aliphatic rings. The number of nitrogens with zero attached hydrogens (tertiary/aromatic N) is 1. The molecule has 0 saturated heterocycles. The van der Waals surface area contributed by atoms with E-state index in [1.54, 1.807) is 30.6 Å². The monoisotopic (exact) mass is 483 g/mol. The van der Waals surface area contributed by atoms with Gasteiger partial charge in [-0.2, -0.15) is 0 Å². The Morgan fingerprint density at radius 1 is 0.886 bits per heavy atom. The largest absolute Gasteiger partial charge is 0.480 e. The molecule has 35 heavy (non-hydrogen) atoms. The number of benzene rings is 2. The van der Waals surface area contributed by atoms with Gasteiger partial charge in [0.25, 0.3) is 0 Å². The van der Waals surface area contributed by atoms with E-state index in [4.69, 9.17) is 5.11 Å². The summed E-state index contributed by atoms with van der Waals surface area (Å²) in [5, 5.41) is 14.5. The van der Waals surface area contributed by atoms with Crippen LogP contribution < -0.4 is 10.6 Å². The van der Waals surface area contributed by atoms with Crippen LogP contribution in [0.4, 0.5) is 10.1 Å². The highest BCUT2D eigenvalue weighted by Crippen LogP contribution is 2.22. The Hall–Kier alpha value is -3.58. The number of rotatable bonds is 8. The highest BCUT2D eigenvalue weighted by atomic mass is 19.1. The molecule has 0 aliphatic heterocycles. The lowest BCUT2D eigenvalue weighted by molar-refractivity contribution is -0.136. The molecule has 2 aromatic carbocycles. The quantitative estimate of drug-likeness (QED) is 0.355. The van der Waals surface area contributed by atoms with E-state index in [-0.39, 0.29) is 24.7 Å². The van der Waals surface area contributed by atoms with Crippen molar-refractivity contribution in [2.75, 3.05) is 11.9 Å². The summed E-state index contributed by atoms with van der Waals surface area (Å²) in [7, 11) is 0. The standard InChI is InChI=1S/C22H20FN3O3.3C2H6/c23-18-6-4-15(5-7-18)12-20(25-14-21(27)28)22(29)26-19-3-1-2-17(13-19)16-8-10-24-11-9-16;3*1-2/h1-11,13,20,25H,12,14H2,(H,26,29)(H,27,28);3*1-2H3. The van der Waals surface area contributed by atoms with Crippen LogP contribution in [-0.2, 0) is 16.0 Å². The fourth-order valence-electron chi connectivity index (χ4n) is 2.87. The smallest absolute Gasteiger partial charge is 0.317 e. The minimum Gasteiger partial charge on any atom is -0.480 e. The molecule has 0 aliphatic carbocycles. The van der Waals surface area contributed by atoms with Crippen LogP contribution in [0.1, 0.15) is 47.1 Å². The Balaban J connectivity index is 0.00000179. The van der Waals surface area contributed by atoms with Crippen LogP contribution in [-0.4, -0.2) is 34.6 Å². The van der Waals surface area contributed by atoms with Crippen molar-refractivity contribution in [1.82, 2.24) is 10.3 Å². The summed E-state index contributed by atoms with van der Waals surface area (Å²) in [5.74, 6) is -1.81. The van der Waals surface area contributed by atoms with Crippen molar-refractivity contribution in [3.8, 4) is 11.1 Å². The average molecular weight is 484 g/mol. The van der Waals surface area contributed by atoms with Gasteiger partial charge in [0.1, 0.15) is 5.82 Å². The number of halogens is 1. The van der Waals surface area contributed by atoms with Gasteiger partial charge in [0, 0.05) is 18.1 Å². The third-order valence-corrected chi connectivity index (χ3v) is 4.31. The molecule has 1 unspecified atom stereocenters. The number of hydrogen-bond acceptors (Lipinski definition) is 4. The average Bonchev–Trinajstić information content (AvgIpc) is 2.91. The minimum absolute atomic E-state index is 0.226. The van der Waals surface area contributed by atoms with E-state index in [2.05, 4.69) is 15.6 Å². The first-order chi connectivity index (χ1) is 17.0. The number of hydrogen-bond donors (Lipinski definition) is 3. The van der Waals surface area contributed by atoms with Crippen molar-refractivity contribution in [2.24, 2.45) is 0 Å². The number of carboxylic acids is 1. The maximum atomic E-state index is 13.1. The lowest BCUT2D eigenvalue weighted by Gasteiger charge is -2.18. The molecule has 0 saturated carbocycles. The van der Waals surface area contributed by atoms with E-state index in [1.807, 2.05) is 71.9 Å². The first-order valence-corrected chi connectivity index (χ1v) is 12.0. The second-order valence-corrected chi connectivity index (χ2v) is 6.46. The van der Waals surface area contributed by atoms with Crippen molar-refractivity contribution in [3.63, 3.8) is 0 Å². The molecule has 0 fully saturated rings. The van der Waals surface area contributed by atoms with Gasteiger partial charge in [-0.3, -0.25) is 19.9 Å². The zero-order valence-corrected chi connectivity index (χ0v) is 21.5. The fraction of sp³-hybridized carbons (Fsp3) is 0.321. The predicted molar refractivity (Wildman–Crippen MR) is 142 cm³/mol. The third-order valence-electron chi connectivity index (χ3n) is 4.31. The first-order valence-electron chi connectivity index (χ1n) is 12.0. The van der Waals surface area contributed by atoms with Gasteiger partial charge in [0.2, 0.25) is 5.91 Å². The summed E-state index contributed by atoms with van der Waals surface area (Å²) in [6.45, 7) is 11.6. The normalized spacial score (nSPS) is 10.1. The number of aliphatic carboxylic acids is 1. The predicted octanol–water partition coefficient (Wildman–Crippen LogP) is 6.19. The molecule has 1 amide bonds. The maximum Gasteiger partial charge on any atom is 0.317 e. The van der Waals surface area contributed by atoms with Gasteiger partial charge < -0.3 is 10.4 Å². The van der Waals surface area contributed by atoms with Crippen molar-refractivity contribution < 1.29 is 19.1 Å². The van der Waals surface area contributed by atoms with Gasteiger partial charge in [-0.25, -0.2) is 4.39 Å². The Morgan fingerprint density at radius 2 is 1.49 bits per heavy atom. The lowest BCUT2D eigenvalue weighted by Crippen LogP contribution is -2.44. The van der Waals surface area contributed by atoms with Crippen molar-refractivity contribution in [2.45, 2.75) is 54.0 Å². The summed E-state index contributed by atoms with van der Waals surface area (Å²) >= 11 is 0. The van der Waals surface area contributed by atoms with E-state index >= 15 is 0 Å². The molecule has 7 heteroatoms. The first kappa shape index (κ1) is 31.4. The molecule has 0 spiro atoms. The number of nitrogens with one attached hydrogen (secondary N) is 2. The molecule has 190 valence electrons. The van der Waals surface area contributed by atoms with Gasteiger partial charge in [0.05, 0.1) is 12.6 Å². The van der Waals surface area contributed by atoms with Crippen molar-refractivity contribution in [1.29, 1.82) is 0 Å². The molecule has 1 atom stereocenters. The second-order valence-electron chi connectivity index (χ2n) is 6.46. The molecule has 3 N–H and O–H groups in total. The molecule has 1 aromatic heterocycles. The SMILES string of the molecule is CC.CC.CC.O=C(O)CNC(Cc1ccc(F)cc1)C(=O)Nc1cccc(-c2ccncc2)c1. The molecule has 0 radical (unpaired) electrons. The molecule has 0 bridgehead atoms. The van der Waals surface area contributed by atoms with Crippen LogP contribution in [0.15, 0.2) is 73.1 Å². The van der Waals surface area contributed by atoms with Gasteiger partial charge in [-0.15, -0.1) is 0 Å². The second kappa shape index (κ2) is 18.8. The molecular weight excluding hydrogens is 445 g/mol. The third kappa shape index (κ3) is 11.9. The highest BCUT2D eigenvalue weighted by molar-refractivity contribution is 5.95. The summed E-state index contributed by atoms with van der Waals surface area (Å²) in [4.78, 5) is 27.7. The van der Waals surface area contributed by atoms with Crippen LogP contribution in [0, 0.1) is 5.82 Å². The number of carbonyl (C=O) groups excluding carboxylic acids is 1. The lowest BCUT2D eigenvalue weighted by atomic mass is 10.0. The number of aromatic nitrogens is 1. The van der Waals surface area contributed by atoms with Gasteiger partial charge in [-0.05, 0) is 59.5 Å². The van der Waals surface area contributed by atoms with E-state index < -0.39 is 12.0 Å². The number of amides is 1. The topological polar surface area (TPSA) is 91.3 Å².